The van der Waals surface area contributed by atoms with Gasteiger partial charge in [-0.1, -0.05) is 17.8 Å². The van der Waals surface area contributed by atoms with E-state index in [0.717, 1.165) is 18.0 Å². The highest BCUT2D eigenvalue weighted by atomic mass is 32.2. The Labute approximate surface area is 180 Å². The lowest BCUT2D eigenvalue weighted by molar-refractivity contribution is -0.164. The molecule has 11 heteroatoms. The first-order valence-electron chi connectivity index (χ1n) is 9.16. The maximum atomic E-state index is 13.4. The number of aliphatic hydroxyl groups is 3. The zero-order valence-corrected chi connectivity index (χ0v) is 16.8. The molecule has 31 heavy (non-hydrogen) atoms. The molecule has 1 heterocycles. The van der Waals surface area contributed by atoms with E-state index in [4.69, 9.17) is 10.5 Å². The van der Waals surface area contributed by atoms with Gasteiger partial charge in [0.25, 0.3) is 0 Å². The summed E-state index contributed by atoms with van der Waals surface area (Å²) in [5, 5.41) is 43.0. The van der Waals surface area contributed by atoms with Crippen LogP contribution in [0.4, 0.5) is 13.2 Å². The molecule has 2 aromatic rings. The number of nitrogens with one attached hydrogen (secondary N) is 1. The number of aliphatic hydroxyl groups excluding tert-OH is 3. The van der Waals surface area contributed by atoms with Crippen molar-refractivity contribution in [3.63, 3.8) is 0 Å². The molecule has 168 valence electrons. The van der Waals surface area contributed by atoms with Crippen LogP contribution >= 0.6 is 11.8 Å². The van der Waals surface area contributed by atoms with Gasteiger partial charge >= 0.3 is 0 Å². The predicted octanol–water partition coefficient (Wildman–Crippen LogP) is 1.26. The number of aromatic hydroxyl groups is 1. The first-order chi connectivity index (χ1) is 14.7. The lowest BCUT2D eigenvalue weighted by Crippen LogP contribution is -2.62. The Hall–Kier alpha value is -2.44. The molecule has 0 radical (unpaired) electrons. The van der Waals surface area contributed by atoms with Crippen LogP contribution in [0, 0.1) is 17.5 Å². The van der Waals surface area contributed by atoms with Crippen molar-refractivity contribution in [1.29, 1.82) is 0 Å². The quantitative estimate of drug-likeness (QED) is 0.357. The monoisotopic (exact) mass is 458 g/mol. The smallest absolute Gasteiger partial charge is 0.194 e. The van der Waals surface area contributed by atoms with Gasteiger partial charge in [-0.05, 0) is 30.3 Å². The number of hydrogen-bond acceptors (Lipinski definition) is 8. The number of halogens is 3. The van der Waals surface area contributed by atoms with Gasteiger partial charge in [-0.2, -0.15) is 0 Å². The molecule has 5 atom stereocenters. The molecule has 0 saturated carbocycles. The summed E-state index contributed by atoms with van der Waals surface area (Å²) in [7, 11) is 0. The topological polar surface area (TPSA) is 128 Å². The van der Waals surface area contributed by atoms with E-state index < -0.39 is 53.8 Å². The molecule has 5 unspecified atom stereocenters. The fourth-order valence-electron chi connectivity index (χ4n) is 3.06. The minimum Gasteiger partial charge on any atom is -0.508 e. The van der Waals surface area contributed by atoms with Crippen molar-refractivity contribution in [3.8, 4) is 5.75 Å². The van der Waals surface area contributed by atoms with Gasteiger partial charge in [0.1, 0.15) is 29.5 Å². The zero-order valence-electron chi connectivity index (χ0n) is 16.0. The molecular formula is C20H21F3N2O5S. The average molecular weight is 458 g/mol. The zero-order chi connectivity index (χ0) is 22.7. The maximum absolute atomic E-state index is 13.4. The number of thioether (sulfide) groups is 1. The summed E-state index contributed by atoms with van der Waals surface area (Å²) in [6.07, 6.45) is -2.60. The lowest BCUT2D eigenvalue weighted by atomic mass is 9.97. The third kappa shape index (κ3) is 5.25. The van der Waals surface area contributed by atoms with E-state index in [2.05, 4.69) is 5.32 Å². The second-order valence-electron chi connectivity index (χ2n) is 6.87. The highest BCUT2D eigenvalue weighted by molar-refractivity contribution is 7.99. The molecule has 1 fully saturated rings. The number of phenolic OH excluding ortho intramolecular Hbond substituents is 1. The van der Waals surface area contributed by atoms with Crippen LogP contribution in [0.2, 0.25) is 0 Å². The molecule has 7 N–H and O–H groups in total. The molecule has 0 aliphatic carbocycles. The molecule has 2 aromatic carbocycles. The first kappa shape index (κ1) is 23.2. The van der Waals surface area contributed by atoms with E-state index in [1.54, 1.807) is 12.1 Å². The van der Waals surface area contributed by atoms with Gasteiger partial charge in [-0.25, -0.2) is 13.2 Å². The summed E-state index contributed by atoms with van der Waals surface area (Å²) >= 11 is 1.06. The summed E-state index contributed by atoms with van der Waals surface area (Å²) < 4.78 is 45.6. The molecule has 1 aliphatic rings. The molecule has 0 aromatic heterocycles. The van der Waals surface area contributed by atoms with Crippen LogP contribution in [0.1, 0.15) is 5.56 Å². The van der Waals surface area contributed by atoms with E-state index in [-0.39, 0.29) is 17.0 Å². The fourth-order valence-corrected chi connectivity index (χ4v) is 4.19. The lowest BCUT2D eigenvalue weighted by Gasteiger charge is -2.42. The first-order valence-corrected chi connectivity index (χ1v) is 10.0. The summed E-state index contributed by atoms with van der Waals surface area (Å²) in [5.74, 6) is -4.45. The minimum atomic E-state index is -1.63. The summed E-state index contributed by atoms with van der Waals surface area (Å²) in [6, 6.07) is 6.55. The number of ether oxygens (including phenoxy) is 1. The van der Waals surface area contributed by atoms with Crippen LogP contribution in [0.15, 0.2) is 47.5 Å². The third-order valence-electron chi connectivity index (χ3n) is 4.70. The minimum absolute atomic E-state index is 0.0122. The van der Waals surface area contributed by atoms with Gasteiger partial charge < -0.3 is 36.2 Å². The summed E-state index contributed by atoms with van der Waals surface area (Å²) in [4.78, 5) is 0.572. The van der Waals surface area contributed by atoms with Crippen molar-refractivity contribution >= 4 is 17.5 Å². The Morgan fingerprint density at radius 1 is 1.13 bits per heavy atom. The van der Waals surface area contributed by atoms with Crippen molar-refractivity contribution in [1.82, 2.24) is 5.32 Å². The Bertz CT molecular complexity index is 941. The Morgan fingerprint density at radius 3 is 2.42 bits per heavy atom. The van der Waals surface area contributed by atoms with Gasteiger partial charge in [0.05, 0.1) is 18.3 Å². The van der Waals surface area contributed by atoms with Crippen molar-refractivity contribution in [2.75, 3.05) is 6.61 Å². The molecule has 1 aliphatic heterocycles. The largest absolute Gasteiger partial charge is 0.508 e. The van der Waals surface area contributed by atoms with Crippen molar-refractivity contribution in [2.45, 2.75) is 34.7 Å². The van der Waals surface area contributed by atoms with Crippen LogP contribution < -0.4 is 11.1 Å². The number of benzene rings is 2. The van der Waals surface area contributed by atoms with Crippen LogP contribution in [0.3, 0.4) is 0 Å². The summed E-state index contributed by atoms with van der Waals surface area (Å²) in [5.41, 5.74) is 4.54. The van der Waals surface area contributed by atoms with Gasteiger partial charge in [0.15, 0.2) is 17.5 Å². The number of phenols is 1. The molecule has 0 bridgehead atoms. The van der Waals surface area contributed by atoms with E-state index in [0.29, 0.717) is 17.0 Å². The van der Waals surface area contributed by atoms with E-state index >= 15 is 0 Å². The number of rotatable bonds is 6. The Balaban J connectivity index is 1.80. The SMILES string of the molecule is N/C(=C\NC1C(O)C(CO)OC(Sc2cccc(O)c2)C1O)c1cc(F)c(F)c(F)c1. The van der Waals surface area contributed by atoms with Crippen molar-refractivity contribution in [2.24, 2.45) is 5.73 Å². The molecule has 0 amide bonds. The molecule has 7 nitrogen and oxygen atoms in total. The van der Waals surface area contributed by atoms with Gasteiger partial charge in [-0.3, -0.25) is 0 Å². The normalized spacial score (nSPS) is 26.6. The molecule has 1 saturated heterocycles. The Morgan fingerprint density at radius 2 is 1.81 bits per heavy atom. The third-order valence-corrected chi connectivity index (χ3v) is 5.85. The van der Waals surface area contributed by atoms with Gasteiger partial charge in [0.2, 0.25) is 0 Å². The van der Waals surface area contributed by atoms with Crippen molar-refractivity contribution < 1.29 is 38.3 Å². The average Bonchev–Trinajstić information content (AvgIpc) is 2.73. The van der Waals surface area contributed by atoms with E-state index in [1.807, 2.05) is 0 Å². The van der Waals surface area contributed by atoms with Crippen LogP contribution in [0.5, 0.6) is 5.75 Å². The molecule has 0 spiro atoms. The van der Waals surface area contributed by atoms with Crippen LogP contribution in [-0.2, 0) is 4.74 Å². The Kier molecular flexibility index (Phi) is 7.34. The van der Waals surface area contributed by atoms with Gasteiger partial charge in [0, 0.05) is 16.7 Å². The fraction of sp³-hybridized carbons (Fsp3) is 0.300. The highest BCUT2D eigenvalue weighted by Gasteiger charge is 2.44. The van der Waals surface area contributed by atoms with E-state index in [9.17, 15) is 33.6 Å². The second-order valence-corrected chi connectivity index (χ2v) is 8.04. The van der Waals surface area contributed by atoms with Crippen molar-refractivity contribution in [3.05, 3.63) is 65.6 Å². The molecule has 3 rings (SSSR count). The molecular weight excluding hydrogens is 437 g/mol. The summed E-state index contributed by atoms with van der Waals surface area (Å²) in [6.45, 7) is -0.545. The van der Waals surface area contributed by atoms with Crippen LogP contribution in [-0.4, -0.2) is 56.8 Å². The number of nitrogens with two attached hydrogens (primary N) is 1. The van der Waals surface area contributed by atoms with Crippen LogP contribution in [0.25, 0.3) is 5.70 Å². The standard InChI is InChI=1S/C20H21F3N2O5S/c21-12-4-9(5-13(22)16(12)23)14(24)7-25-17-18(28)15(8-26)30-20(19(17)29)31-11-3-1-2-10(27)6-11/h1-7,15,17-20,25-29H,8,24H2/b14-7-. The number of hydrogen-bond donors (Lipinski definition) is 6. The predicted molar refractivity (Wildman–Crippen MR) is 107 cm³/mol. The second kappa shape index (κ2) is 9.79. The van der Waals surface area contributed by atoms with E-state index in [1.165, 1.54) is 12.1 Å². The maximum Gasteiger partial charge on any atom is 0.194 e. The van der Waals surface area contributed by atoms with Gasteiger partial charge in [-0.15, -0.1) is 0 Å². The highest BCUT2D eigenvalue weighted by Crippen LogP contribution is 2.34.